The van der Waals surface area contributed by atoms with Crippen LogP contribution in [0.15, 0.2) is 23.2 Å². The molecule has 1 aromatic rings. The molecule has 0 aliphatic rings. The lowest BCUT2D eigenvalue weighted by Crippen LogP contribution is -2.32. The molecular formula is C10H17N3O2S. The maximum atomic E-state index is 11.8. The van der Waals surface area contributed by atoms with Gasteiger partial charge < -0.3 is 5.73 Å². The van der Waals surface area contributed by atoms with Crippen molar-refractivity contribution in [1.82, 2.24) is 9.71 Å². The molecule has 1 atom stereocenters. The molecule has 0 saturated heterocycles. The normalized spacial score (nSPS) is 13.7. The van der Waals surface area contributed by atoms with Crippen LogP contribution in [0.1, 0.15) is 26.0 Å². The first kappa shape index (κ1) is 13.1. The van der Waals surface area contributed by atoms with Gasteiger partial charge in [-0.2, -0.15) is 0 Å². The van der Waals surface area contributed by atoms with Crippen LogP contribution in [0.4, 0.5) is 0 Å². The number of hydrogen-bond donors (Lipinski definition) is 2. The first-order valence-corrected chi connectivity index (χ1v) is 6.65. The van der Waals surface area contributed by atoms with Gasteiger partial charge >= 0.3 is 0 Å². The maximum absolute atomic E-state index is 11.8. The summed E-state index contributed by atoms with van der Waals surface area (Å²) in [5, 5.41) is 0. The molecule has 16 heavy (non-hydrogen) atoms. The van der Waals surface area contributed by atoms with E-state index in [0.29, 0.717) is 12.2 Å². The van der Waals surface area contributed by atoms with Gasteiger partial charge in [-0.15, -0.1) is 0 Å². The zero-order chi connectivity index (χ0) is 12.2. The minimum absolute atomic E-state index is 0.0841. The summed E-state index contributed by atoms with van der Waals surface area (Å²) in [5.74, 6) is 0. The molecule has 0 saturated carbocycles. The lowest BCUT2D eigenvalue weighted by molar-refractivity contribution is 0.555. The quantitative estimate of drug-likeness (QED) is 0.793. The van der Waals surface area contributed by atoms with E-state index in [9.17, 15) is 8.42 Å². The SMILES string of the molecule is CCC(C)NS(=O)(=O)c1ccc(CN)nc1. The highest BCUT2D eigenvalue weighted by molar-refractivity contribution is 7.89. The van der Waals surface area contributed by atoms with E-state index in [0.717, 1.165) is 6.42 Å². The Morgan fingerprint density at radius 3 is 2.62 bits per heavy atom. The minimum Gasteiger partial charge on any atom is -0.325 e. The van der Waals surface area contributed by atoms with Gasteiger partial charge in [0.15, 0.2) is 0 Å². The number of nitrogens with two attached hydrogens (primary N) is 1. The highest BCUT2D eigenvalue weighted by atomic mass is 32.2. The monoisotopic (exact) mass is 243 g/mol. The van der Waals surface area contributed by atoms with Gasteiger partial charge in [-0.3, -0.25) is 4.98 Å². The Morgan fingerprint density at radius 1 is 1.50 bits per heavy atom. The van der Waals surface area contributed by atoms with Gasteiger partial charge in [0.2, 0.25) is 10.0 Å². The van der Waals surface area contributed by atoms with E-state index in [1.165, 1.54) is 12.3 Å². The standard InChI is InChI=1S/C10H17N3O2S/c1-3-8(2)13-16(14,15)10-5-4-9(6-11)12-7-10/h4-5,7-8,13H,3,6,11H2,1-2H3. The van der Waals surface area contributed by atoms with Crippen molar-refractivity contribution in [3.63, 3.8) is 0 Å². The maximum Gasteiger partial charge on any atom is 0.242 e. The number of rotatable bonds is 5. The fourth-order valence-corrected chi connectivity index (χ4v) is 2.38. The number of sulfonamides is 1. The van der Waals surface area contributed by atoms with Gasteiger partial charge in [0, 0.05) is 18.8 Å². The van der Waals surface area contributed by atoms with Gasteiger partial charge in [-0.05, 0) is 25.5 Å². The van der Waals surface area contributed by atoms with E-state index in [-0.39, 0.29) is 10.9 Å². The van der Waals surface area contributed by atoms with Crippen molar-refractivity contribution < 1.29 is 8.42 Å². The number of aromatic nitrogens is 1. The van der Waals surface area contributed by atoms with Crippen LogP contribution in [-0.2, 0) is 16.6 Å². The summed E-state index contributed by atoms with van der Waals surface area (Å²) in [5.41, 5.74) is 6.05. The number of hydrogen-bond acceptors (Lipinski definition) is 4. The van der Waals surface area contributed by atoms with Crippen molar-refractivity contribution in [2.45, 2.75) is 37.8 Å². The molecule has 1 unspecified atom stereocenters. The van der Waals surface area contributed by atoms with E-state index in [1.54, 1.807) is 6.07 Å². The molecule has 1 aromatic heterocycles. The van der Waals surface area contributed by atoms with Crippen LogP contribution >= 0.6 is 0 Å². The van der Waals surface area contributed by atoms with Crippen LogP contribution in [-0.4, -0.2) is 19.4 Å². The summed E-state index contributed by atoms with van der Waals surface area (Å²) in [7, 11) is -3.45. The summed E-state index contributed by atoms with van der Waals surface area (Å²) < 4.78 is 26.2. The summed E-state index contributed by atoms with van der Waals surface area (Å²) in [6, 6.07) is 3.05. The third-order valence-electron chi connectivity index (χ3n) is 2.29. The second-order valence-electron chi connectivity index (χ2n) is 3.62. The van der Waals surface area contributed by atoms with Crippen LogP contribution in [0.5, 0.6) is 0 Å². The summed E-state index contributed by atoms with van der Waals surface area (Å²) in [6.45, 7) is 4.04. The molecule has 0 bridgehead atoms. The number of nitrogens with one attached hydrogen (secondary N) is 1. The van der Waals surface area contributed by atoms with Crippen LogP contribution in [0, 0.1) is 0 Å². The third-order valence-corrected chi connectivity index (χ3v) is 3.86. The van der Waals surface area contributed by atoms with Crippen molar-refractivity contribution >= 4 is 10.0 Å². The van der Waals surface area contributed by atoms with Crippen LogP contribution in [0.3, 0.4) is 0 Å². The average Bonchev–Trinajstić information content (AvgIpc) is 2.28. The molecule has 1 rings (SSSR count). The van der Waals surface area contributed by atoms with E-state index >= 15 is 0 Å². The Balaban J connectivity index is 2.90. The molecule has 0 radical (unpaired) electrons. The Hall–Kier alpha value is -0.980. The Morgan fingerprint density at radius 2 is 2.19 bits per heavy atom. The first-order valence-electron chi connectivity index (χ1n) is 5.17. The largest absolute Gasteiger partial charge is 0.325 e. The molecule has 0 amide bonds. The van der Waals surface area contributed by atoms with Crippen LogP contribution < -0.4 is 10.5 Å². The van der Waals surface area contributed by atoms with Crippen LogP contribution in [0.25, 0.3) is 0 Å². The molecule has 90 valence electrons. The molecule has 5 nitrogen and oxygen atoms in total. The third kappa shape index (κ3) is 3.26. The van der Waals surface area contributed by atoms with E-state index in [2.05, 4.69) is 9.71 Å². The van der Waals surface area contributed by atoms with Gasteiger partial charge in [0.05, 0.1) is 5.69 Å². The molecule has 0 aliphatic carbocycles. The average molecular weight is 243 g/mol. The van der Waals surface area contributed by atoms with Crippen LogP contribution in [0.2, 0.25) is 0 Å². The Labute approximate surface area is 96.1 Å². The van der Waals surface area contributed by atoms with Crippen molar-refractivity contribution in [3.8, 4) is 0 Å². The fraction of sp³-hybridized carbons (Fsp3) is 0.500. The molecule has 1 heterocycles. The molecule has 0 spiro atoms. The predicted octanol–water partition coefficient (Wildman–Crippen LogP) is 0.617. The van der Waals surface area contributed by atoms with Gasteiger partial charge in [-0.25, -0.2) is 13.1 Å². The van der Waals surface area contributed by atoms with E-state index in [4.69, 9.17) is 5.73 Å². The van der Waals surface area contributed by atoms with Crippen molar-refractivity contribution in [2.24, 2.45) is 5.73 Å². The molecule has 0 aliphatic heterocycles. The predicted molar refractivity (Wildman–Crippen MR) is 62.2 cm³/mol. The van der Waals surface area contributed by atoms with Gasteiger partial charge in [0.1, 0.15) is 4.90 Å². The minimum atomic E-state index is -3.45. The molecule has 6 heteroatoms. The summed E-state index contributed by atoms with van der Waals surface area (Å²) >= 11 is 0. The molecule has 0 fully saturated rings. The summed E-state index contributed by atoms with van der Waals surface area (Å²) in [4.78, 5) is 4.12. The molecule has 0 aromatic carbocycles. The van der Waals surface area contributed by atoms with E-state index in [1.807, 2.05) is 13.8 Å². The lowest BCUT2D eigenvalue weighted by atomic mass is 10.3. The second kappa shape index (κ2) is 5.38. The highest BCUT2D eigenvalue weighted by Gasteiger charge is 2.16. The highest BCUT2D eigenvalue weighted by Crippen LogP contribution is 2.08. The summed E-state index contributed by atoms with van der Waals surface area (Å²) in [6.07, 6.45) is 2.07. The zero-order valence-corrected chi connectivity index (χ0v) is 10.3. The van der Waals surface area contributed by atoms with Crippen molar-refractivity contribution in [2.75, 3.05) is 0 Å². The second-order valence-corrected chi connectivity index (χ2v) is 5.33. The van der Waals surface area contributed by atoms with Gasteiger partial charge in [-0.1, -0.05) is 6.92 Å². The first-order chi connectivity index (χ1) is 7.49. The number of pyridine rings is 1. The molecule has 3 N–H and O–H groups in total. The van der Waals surface area contributed by atoms with Crippen molar-refractivity contribution in [1.29, 1.82) is 0 Å². The smallest absolute Gasteiger partial charge is 0.242 e. The molecular weight excluding hydrogens is 226 g/mol. The topological polar surface area (TPSA) is 85.1 Å². The zero-order valence-electron chi connectivity index (χ0n) is 9.47. The Bertz CT molecular complexity index is 428. The lowest BCUT2D eigenvalue weighted by Gasteiger charge is -2.11. The Kier molecular flexibility index (Phi) is 4.40. The van der Waals surface area contributed by atoms with E-state index < -0.39 is 10.0 Å². The van der Waals surface area contributed by atoms with Crippen molar-refractivity contribution in [3.05, 3.63) is 24.0 Å². The fourth-order valence-electron chi connectivity index (χ4n) is 1.11. The number of nitrogens with zero attached hydrogens (tertiary/aromatic N) is 1. The van der Waals surface area contributed by atoms with Gasteiger partial charge in [0.25, 0.3) is 0 Å².